The average molecular weight is 306 g/mol. The lowest BCUT2D eigenvalue weighted by atomic mass is 10.2. The van der Waals surface area contributed by atoms with Crippen LogP contribution in [-0.2, 0) is 9.59 Å². The second-order valence-electron chi connectivity index (χ2n) is 5.33. The third-order valence-corrected chi connectivity index (χ3v) is 4.39. The lowest BCUT2D eigenvalue weighted by Gasteiger charge is -2.17. The van der Waals surface area contributed by atoms with Crippen LogP contribution in [0, 0.1) is 5.92 Å². The summed E-state index contributed by atoms with van der Waals surface area (Å²) in [5.74, 6) is -1.52. The largest absolute Gasteiger partial charge is 0.545 e. The molecule has 0 saturated carbocycles. The predicted octanol–water partition coefficient (Wildman–Crippen LogP) is 0.926. The van der Waals surface area contributed by atoms with Crippen molar-refractivity contribution >= 4 is 29.5 Å². The van der Waals surface area contributed by atoms with Gasteiger partial charge in [-0.1, -0.05) is 32.0 Å². The highest BCUT2D eigenvalue weighted by atomic mass is 32.2. The first-order chi connectivity index (χ1) is 9.90. The van der Waals surface area contributed by atoms with Gasteiger partial charge in [-0.25, -0.2) is 0 Å². The summed E-state index contributed by atoms with van der Waals surface area (Å²) in [6.07, 6.45) is 0.109. The van der Waals surface area contributed by atoms with Gasteiger partial charge < -0.3 is 9.90 Å². The Hall–Kier alpha value is -1.82. The molecule has 0 bridgehead atoms. The zero-order chi connectivity index (χ0) is 15.6. The van der Waals surface area contributed by atoms with E-state index in [1.807, 2.05) is 13.8 Å². The Labute approximate surface area is 127 Å². The van der Waals surface area contributed by atoms with Crippen molar-refractivity contribution in [1.82, 2.24) is 4.90 Å². The van der Waals surface area contributed by atoms with Gasteiger partial charge >= 0.3 is 0 Å². The van der Waals surface area contributed by atoms with Crippen LogP contribution in [-0.4, -0.2) is 34.5 Å². The van der Waals surface area contributed by atoms with Crippen molar-refractivity contribution in [2.75, 3.05) is 6.54 Å². The molecule has 0 spiro atoms. The fraction of sp³-hybridized carbons (Fsp3) is 0.400. The van der Waals surface area contributed by atoms with E-state index in [1.165, 1.54) is 11.0 Å². The molecule has 1 fully saturated rings. The molecule has 1 heterocycles. The molecule has 6 heteroatoms. The molecule has 2 amide bonds. The van der Waals surface area contributed by atoms with Crippen LogP contribution in [0.25, 0.3) is 0 Å². The summed E-state index contributed by atoms with van der Waals surface area (Å²) in [7, 11) is 0. The highest BCUT2D eigenvalue weighted by Gasteiger charge is 2.39. The maximum absolute atomic E-state index is 12.3. The van der Waals surface area contributed by atoms with Gasteiger partial charge in [0.25, 0.3) is 0 Å². The zero-order valence-corrected chi connectivity index (χ0v) is 12.7. The van der Waals surface area contributed by atoms with Gasteiger partial charge in [-0.05, 0) is 12.0 Å². The number of hydrogen-bond acceptors (Lipinski definition) is 5. The number of likely N-dealkylation sites (tertiary alicyclic amines) is 1. The van der Waals surface area contributed by atoms with Gasteiger partial charge in [-0.2, -0.15) is 0 Å². The fourth-order valence-electron chi connectivity index (χ4n) is 2.19. The van der Waals surface area contributed by atoms with E-state index in [1.54, 1.807) is 18.2 Å². The number of carboxylic acid groups (broad SMARTS) is 1. The molecule has 1 aromatic carbocycles. The summed E-state index contributed by atoms with van der Waals surface area (Å²) < 4.78 is 0. The molecule has 21 heavy (non-hydrogen) atoms. The number of rotatable bonds is 5. The number of aromatic carboxylic acids is 1. The molecule has 0 aliphatic carbocycles. The maximum Gasteiger partial charge on any atom is 0.243 e. The minimum atomic E-state index is -1.28. The Morgan fingerprint density at radius 1 is 1.38 bits per heavy atom. The highest BCUT2D eigenvalue weighted by Crippen LogP contribution is 2.33. The summed E-state index contributed by atoms with van der Waals surface area (Å²) in [5.41, 5.74) is 0.0464. The molecule has 1 saturated heterocycles. The fourth-order valence-corrected chi connectivity index (χ4v) is 3.39. The molecule has 0 aromatic heterocycles. The molecule has 5 nitrogen and oxygen atoms in total. The van der Waals surface area contributed by atoms with Gasteiger partial charge in [0.05, 0.1) is 11.2 Å². The van der Waals surface area contributed by atoms with Gasteiger partial charge in [0.1, 0.15) is 0 Å². The van der Waals surface area contributed by atoms with Crippen molar-refractivity contribution in [2.45, 2.75) is 30.4 Å². The molecule has 1 aliphatic rings. The van der Waals surface area contributed by atoms with Crippen LogP contribution in [0.1, 0.15) is 30.6 Å². The Balaban J connectivity index is 2.16. The van der Waals surface area contributed by atoms with Crippen LogP contribution < -0.4 is 5.11 Å². The summed E-state index contributed by atoms with van der Waals surface area (Å²) in [6, 6.07) is 6.35. The number of carbonyl (C=O) groups excluding carboxylic acids is 3. The predicted molar refractivity (Wildman–Crippen MR) is 76.6 cm³/mol. The molecule has 2 rings (SSSR count). The molecular formula is C15H16NO4S-. The van der Waals surface area contributed by atoms with E-state index in [-0.39, 0.29) is 29.7 Å². The number of benzene rings is 1. The van der Waals surface area contributed by atoms with E-state index >= 15 is 0 Å². The van der Waals surface area contributed by atoms with Gasteiger partial charge in [0.15, 0.2) is 0 Å². The van der Waals surface area contributed by atoms with E-state index in [0.29, 0.717) is 11.4 Å². The van der Waals surface area contributed by atoms with Crippen molar-refractivity contribution in [2.24, 2.45) is 5.92 Å². The first-order valence-corrected chi connectivity index (χ1v) is 7.59. The number of imide groups is 1. The standard InChI is InChI=1S/C15H17NO4S/c1-9(2)8-16-13(17)7-12(14(16)18)21-11-6-4-3-5-10(11)15(19)20/h3-6,9,12H,7-8H2,1-2H3,(H,19,20)/p-1. The van der Waals surface area contributed by atoms with Crippen molar-refractivity contribution < 1.29 is 19.5 Å². The summed E-state index contributed by atoms with van der Waals surface area (Å²) in [6.45, 7) is 4.27. The lowest BCUT2D eigenvalue weighted by molar-refractivity contribution is -0.255. The Morgan fingerprint density at radius 3 is 2.67 bits per heavy atom. The van der Waals surface area contributed by atoms with E-state index < -0.39 is 11.2 Å². The molecule has 112 valence electrons. The van der Waals surface area contributed by atoms with Gasteiger partial charge in [-0.3, -0.25) is 14.5 Å². The topological polar surface area (TPSA) is 77.5 Å². The van der Waals surface area contributed by atoms with Crippen molar-refractivity contribution in [3.05, 3.63) is 29.8 Å². The minimum absolute atomic E-state index is 0.0464. The number of carbonyl (C=O) groups is 3. The van der Waals surface area contributed by atoms with Crippen LogP contribution in [0.5, 0.6) is 0 Å². The lowest BCUT2D eigenvalue weighted by Crippen LogP contribution is -2.34. The Kier molecular flexibility index (Phi) is 4.67. The number of amides is 2. The van der Waals surface area contributed by atoms with Gasteiger partial charge in [0, 0.05) is 23.4 Å². The SMILES string of the molecule is CC(C)CN1C(=O)CC(Sc2ccccc2C(=O)[O-])C1=O. The maximum atomic E-state index is 12.3. The monoisotopic (exact) mass is 306 g/mol. The van der Waals surface area contributed by atoms with Crippen molar-refractivity contribution in [1.29, 1.82) is 0 Å². The molecule has 1 aromatic rings. The summed E-state index contributed by atoms with van der Waals surface area (Å²) in [5, 5.41) is 10.5. The molecular weight excluding hydrogens is 290 g/mol. The highest BCUT2D eigenvalue weighted by molar-refractivity contribution is 8.00. The second-order valence-corrected chi connectivity index (χ2v) is 6.58. The summed E-state index contributed by atoms with van der Waals surface area (Å²) >= 11 is 1.12. The normalized spacial score (nSPS) is 18.6. The molecule has 1 atom stereocenters. The molecule has 1 aliphatic heterocycles. The van der Waals surface area contributed by atoms with E-state index in [2.05, 4.69) is 0 Å². The first-order valence-electron chi connectivity index (χ1n) is 6.71. The zero-order valence-electron chi connectivity index (χ0n) is 11.9. The second kappa shape index (κ2) is 6.30. The number of thioether (sulfide) groups is 1. The quantitative estimate of drug-likeness (QED) is 0.756. The van der Waals surface area contributed by atoms with Crippen LogP contribution in [0.4, 0.5) is 0 Å². The smallest absolute Gasteiger partial charge is 0.243 e. The van der Waals surface area contributed by atoms with E-state index in [4.69, 9.17) is 0 Å². The van der Waals surface area contributed by atoms with Crippen LogP contribution in [0.2, 0.25) is 0 Å². The minimum Gasteiger partial charge on any atom is -0.545 e. The summed E-state index contributed by atoms with van der Waals surface area (Å²) in [4.78, 5) is 36.9. The van der Waals surface area contributed by atoms with Gasteiger partial charge in [0.2, 0.25) is 11.8 Å². The van der Waals surface area contributed by atoms with Crippen LogP contribution in [0.3, 0.4) is 0 Å². The average Bonchev–Trinajstić information content (AvgIpc) is 2.66. The number of nitrogens with zero attached hydrogens (tertiary/aromatic N) is 1. The third-order valence-electron chi connectivity index (χ3n) is 3.13. The van der Waals surface area contributed by atoms with Gasteiger partial charge in [-0.15, -0.1) is 11.8 Å². The third kappa shape index (κ3) is 3.44. The van der Waals surface area contributed by atoms with Crippen molar-refractivity contribution in [3.63, 3.8) is 0 Å². The Bertz CT molecular complexity index is 585. The molecule has 1 unspecified atom stereocenters. The van der Waals surface area contributed by atoms with Crippen LogP contribution >= 0.6 is 11.8 Å². The van der Waals surface area contributed by atoms with Crippen molar-refractivity contribution in [3.8, 4) is 0 Å². The molecule has 0 N–H and O–H groups in total. The first kappa shape index (κ1) is 15.6. The Morgan fingerprint density at radius 2 is 2.05 bits per heavy atom. The number of hydrogen-bond donors (Lipinski definition) is 0. The van der Waals surface area contributed by atoms with E-state index in [0.717, 1.165) is 11.8 Å². The number of carboxylic acids is 1. The van der Waals surface area contributed by atoms with Crippen LogP contribution in [0.15, 0.2) is 29.2 Å². The van der Waals surface area contributed by atoms with E-state index in [9.17, 15) is 19.5 Å². The molecule has 0 radical (unpaired) electrons.